The molecule has 6 heteroatoms. The summed E-state index contributed by atoms with van der Waals surface area (Å²) in [6.45, 7) is 0. The number of nitro groups is 1. The van der Waals surface area contributed by atoms with Gasteiger partial charge in [0.25, 0.3) is 5.69 Å². The molecule has 0 unspecified atom stereocenters. The molecule has 0 saturated carbocycles. The first-order chi connectivity index (χ1) is 11.7. The monoisotopic (exact) mass is 333 g/mol. The van der Waals surface area contributed by atoms with Crippen LogP contribution in [0, 0.1) is 21.4 Å². The van der Waals surface area contributed by atoms with Gasteiger partial charge in [0.05, 0.1) is 16.2 Å². The van der Waals surface area contributed by atoms with Gasteiger partial charge >= 0.3 is 0 Å². The molecule has 1 aromatic heterocycles. The Kier molecular flexibility index (Phi) is 4.45. The van der Waals surface area contributed by atoms with E-state index >= 15 is 0 Å². The van der Waals surface area contributed by atoms with Gasteiger partial charge in [-0.25, -0.2) is 4.98 Å². The number of allylic oxidation sites excluding steroid dienone is 1. The van der Waals surface area contributed by atoms with Crippen LogP contribution in [0.25, 0.3) is 22.9 Å². The fourth-order valence-electron chi connectivity index (χ4n) is 2.17. The van der Waals surface area contributed by atoms with Crippen molar-refractivity contribution in [3.63, 3.8) is 0 Å². The van der Waals surface area contributed by atoms with Crippen LogP contribution in [0.1, 0.15) is 10.6 Å². The highest BCUT2D eigenvalue weighted by Crippen LogP contribution is 2.28. The van der Waals surface area contributed by atoms with Gasteiger partial charge in [-0.2, -0.15) is 5.26 Å². The van der Waals surface area contributed by atoms with E-state index in [0.717, 1.165) is 5.56 Å². The molecule has 116 valence electrons. The van der Waals surface area contributed by atoms with E-state index in [9.17, 15) is 15.4 Å². The highest BCUT2D eigenvalue weighted by Gasteiger charge is 2.12. The lowest BCUT2D eigenvalue weighted by Crippen LogP contribution is -1.88. The standard InChI is InChI=1S/C18H11N3O2S/c19-11-15(9-13-5-2-1-3-6-13)18-20-17(12-24-18)14-7-4-8-16(10-14)21(22)23/h1-10,12H/b15-9+. The number of thiazole rings is 1. The molecule has 0 atom stereocenters. The molecule has 3 rings (SSSR count). The maximum atomic E-state index is 10.9. The Balaban J connectivity index is 1.95. The van der Waals surface area contributed by atoms with Crippen molar-refractivity contribution in [2.24, 2.45) is 0 Å². The highest BCUT2D eigenvalue weighted by atomic mass is 32.1. The second-order valence-corrected chi connectivity index (χ2v) is 5.78. The molecule has 0 aliphatic carbocycles. The van der Waals surface area contributed by atoms with Gasteiger partial charge < -0.3 is 0 Å². The summed E-state index contributed by atoms with van der Waals surface area (Å²) in [5.74, 6) is 0. The third-order valence-electron chi connectivity index (χ3n) is 3.32. The van der Waals surface area contributed by atoms with Crippen LogP contribution < -0.4 is 0 Å². The molecule has 0 radical (unpaired) electrons. The number of nitro benzene ring substituents is 1. The van der Waals surface area contributed by atoms with E-state index in [0.29, 0.717) is 21.8 Å². The lowest BCUT2D eigenvalue weighted by atomic mass is 10.1. The first-order valence-electron chi connectivity index (χ1n) is 7.05. The average molecular weight is 333 g/mol. The SMILES string of the molecule is N#C/C(=C\c1ccccc1)c1nc(-c2cccc([N+](=O)[O-])c2)cs1. The van der Waals surface area contributed by atoms with Crippen molar-refractivity contribution in [2.75, 3.05) is 0 Å². The Labute approximate surface area is 142 Å². The van der Waals surface area contributed by atoms with Crippen LogP contribution in [0.15, 0.2) is 60.0 Å². The largest absolute Gasteiger partial charge is 0.270 e. The molecule has 0 fully saturated rings. The van der Waals surface area contributed by atoms with Gasteiger partial charge in [0.2, 0.25) is 0 Å². The van der Waals surface area contributed by atoms with Gasteiger partial charge in [0.15, 0.2) is 0 Å². The molecule has 0 spiro atoms. The van der Waals surface area contributed by atoms with E-state index in [-0.39, 0.29) is 5.69 Å². The van der Waals surface area contributed by atoms with Crippen LogP contribution in [0.3, 0.4) is 0 Å². The third kappa shape index (κ3) is 3.37. The van der Waals surface area contributed by atoms with Crippen molar-refractivity contribution < 1.29 is 4.92 Å². The van der Waals surface area contributed by atoms with Crippen LogP contribution >= 0.6 is 11.3 Å². The number of benzene rings is 2. The van der Waals surface area contributed by atoms with Crippen LogP contribution in [0.2, 0.25) is 0 Å². The lowest BCUT2D eigenvalue weighted by molar-refractivity contribution is -0.384. The number of non-ortho nitro benzene ring substituents is 1. The van der Waals surface area contributed by atoms with Crippen molar-refractivity contribution in [1.82, 2.24) is 4.98 Å². The van der Waals surface area contributed by atoms with E-state index in [2.05, 4.69) is 11.1 Å². The molecule has 0 saturated heterocycles. The van der Waals surface area contributed by atoms with Gasteiger partial charge in [-0.1, -0.05) is 42.5 Å². The molecule has 5 nitrogen and oxygen atoms in total. The molecule has 3 aromatic rings. The molecule has 0 bridgehead atoms. The molecule has 24 heavy (non-hydrogen) atoms. The number of nitriles is 1. The molecule has 0 aliphatic rings. The topological polar surface area (TPSA) is 79.8 Å². The predicted molar refractivity (Wildman–Crippen MR) is 94.1 cm³/mol. The smallest absolute Gasteiger partial charge is 0.258 e. The molecule has 0 amide bonds. The first kappa shape index (κ1) is 15.6. The zero-order valence-electron chi connectivity index (χ0n) is 12.4. The molecular formula is C18H11N3O2S. The molecule has 0 N–H and O–H groups in total. The summed E-state index contributed by atoms with van der Waals surface area (Å²) in [5, 5.41) is 22.7. The van der Waals surface area contributed by atoms with E-state index in [1.54, 1.807) is 23.6 Å². The first-order valence-corrected chi connectivity index (χ1v) is 7.93. The molecular weight excluding hydrogens is 322 g/mol. The quantitative estimate of drug-likeness (QED) is 0.391. The summed E-state index contributed by atoms with van der Waals surface area (Å²) in [7, 11) is 0. The number of rotatable bonds is 4. The molecule has 2 aromatic carbocycles. The van der Waals surface area contributed by atoms with Crippen molar-refractivity contribution in [2.45, 2.75) is 0 Å². The average Bonchev–Trinajstić information content (AvgIpc) is 3.10. The Morgan fingerprint density at radius 2 is 2.00 bits per heavy atom. The maximum Gasteiger partial charge on any atom is 0.270 e. The van der Waals surface area contributed by atoms with Crippen molar-refractivity contribution in [1.29, 1.82) is 5.26 Å². The van der Waals surface area contributed by atoms with E-state index in [1.165, 1.54) is 23.5 Å². The van der Waals surface area contributed by atoms with E-state index in [1.807, 2.05) is 30.3 Å². The van der Waals surface area contributed by atoms with Gasteiger partial charge in [-0.15, -0.1) is 11.3 Å². The fourth-order valence-corrected chi connectivity index (χ4v) is 2.96. The van der Waals surface area contributed by atoms with Crippen LogP contribution in [0.4, 0.5) is 5.69 Å². The van der Waals surface area contributed by atoms with E-state index < -0.39 is 4.92 Å². The second kappa shape index (κ2) is 6.86. The van der Waals surface area contributed by atoms with Gasteiger partial charge in [-0.05, 0) is 11.6 Å². The lowest BCUT2D eigenvalue weighted by Gasteiger charge is -1.97. The summed E-state index contributed by atoms with van der Waals surface area (Å²) < 4.78 is 0. The summed E-state index contributed by atoms with van der Waals surface area (Å²) in [6, 6.07) is 18.0. The number of aromatic nitrogens is 1. The fraction of sp³-hybridized carbons (Fsp3) is 0. The summed E-state index contributed by atoms with van der Waals surface area (Å²) in [4.78, 5) is 14.9. The number of nitrogens with zero attached hydrogens (tertiary/aromatic N) is 3. The Hall–Kier alpha value is -3.30. The van der Waals surface area contributed by atoms with E-state index in [4.69, 9.17) is 0 Å². The van der Waals surface area contributed by atoms with Crippen molar-refractivity contribution in [3.8, 4) is 17.3 Å². The normalized spacial score (nSPS) is 11.0. The van der Waals surface area contributed by atoms with Crippen LogP contribution in [0.5, 0.6) is 0 Å². The molecule has 1 heterocycles. The minimum atomic E-state index is -0.438. The van der Waals surface area contributed by atoms with Crippen LogP contribution in [-0.2, 0) is 0 Å². The maximum absolute atomic E-state index is 10.9. The Morgan fingerprint density at radius 3 is 2.71 bits per heavy atom. The highest BCUT2D eigenvalue weighted by molar-refractivity contribution is 7.11. The number of hydrogen-bond donors (Lipinski definition) is 0. The molecule has 0 aliphatic heterocycles. The Bertz CT molecular complexity index is 956. The Morgan fingerprint density at radius 1 is 1.21 bits per heavy atom. The zero-order valence-corrected chi connectivity index (χ0v) is 13.2. The summed E-state index contributed by atoms with van der Waals surface area (Å²) in [5.41, 5.74) is 2.67. The number of hydrogen-bond acceptors (Lipinski definition) is 5. The van der Waals surface area contributed by atoms with Crippen molar-refractivity contribution >= 4 is 28.7 Å². The minimum absolute atomic E-state index is 0.0161. The third-order valence-corrected chi connectivity index (χ3v) is 4.19. The van der Waals surface area contributed by atoms with Crippen molar-refractivity contribution in [3.05, 3.63) is 80.7 Å². The zero-order chi connectivity index (χ0) is 16.9. The summed E-state index contributed by atoms with van der Waals surface area (Å²) in [6.07, 6.45) is 1.77. The van der Waals surface area contributed by atoms with Gasteiger partial charge in [-0.3, -0.25) is 10.1 Å². The minimum Gasteiger partial charge on any atom is -0.258 e. The second-order valence-electron chi connectivity index (χ2n) is 4.93. The van der Waals surface area contributed by atoms with Crippen LogP contribution in [-0.4, -0.2) is 9.91 Å². The van der Waals surface area contributed by atoms with Gasteiger partial charge in [0, 0.05) is 23.1 Å². The summed E-state index contributed by atoms with van der Waals surface area (Å²) >= 11 is 1.34. The predicted octanol–water partition coefficient (Wildman–Crippen LogP) is 4.78. The van der Waals surface area contributed by atoms with Gasteiger partial charge in [0.1, 0.15) is 11.1 Å².